The van der Waals surface area contributed by atoms with Crippen LogP contribution in [0.5, 0.6) is 0 Å². The first-order valence-corrected chi connectivity index (χ1v) is 7.70. The van der Waals surface area contributed by atoms with Gasteiger partial charge in [0, 0.05) is 6.42 Å². The second-order valence-corrected chi connectivity index (χ2v) is 5.20. The van der Waals surface area contributed by atoms with Crippen molar-refractivity contribution in [2.45, 2.75) is 77.0 Å². The number of ether oxygens (including phenoxy) is 1. The van der Waals surface area contributed by atoms with E-state index in [1.54, 1.807) is 0 Å². The number of rotatable bonds is 0. The molecule has 0 radical (unpaired) electrons. The van der Waals surface area contributed by atoms with Gasteiger partial charge in [-0.2, -0.15) is 0 Å². The van der Waals surface area contributed by atoms with Crippen LogP contribution in [-0.2, 0) is 9.53 Å². The molecule has 0 amide bonds. The molecule has 0 N–H and O–H groups in total. The molecular weight excluding hydrogens is 224 g/mol. The Morgan fingerprint density at radius 3 is 2.00 bits per heavy atom. The van der Waals surface area contributed by atoms with Crippen molar-refractivity contribution in [1.82, 2.24) is 0 Å². The lowest BCUT2D eigenvalue weighted by molar-refractivity contribution is -0.143. The quantitative estimate of drug-likeness (QED) is 0.458. The predicted molar refractivity (Wildman–Crippen MR) is 75.5 cm³/mol. The summed E-state index contributed by atoms with van der Waals surface area (Å²) in [6.07, 6.45) is 18.4. The van der Waals surface area contributed by atoms with Crippen LogP contribution in [-0.4, -0.2) is 12.6 Å². The molecule has 1 rings (SSSR count). The van der Waals surface area contributed by atoms with Crippen molar-refractivity contribution in [3.8, 4) is 0 Å². The minimum Gasteiger partial charge on any atom is -0.466 e. The number of hydrogen-bond acceptors (Lipinski definition) is 2. The number of carbonyl (C=O) groups excluding carboxylic acids is 1. The molecule has 0 aliphatic carbocycles. The fraction of sp³-hybridized carbons (Fsp3) is 0.812. The summed E-state index contributed by atoms with van der Waals surface area (Å²) in [5.41, 5.74) is 0. The number of esters is 1. The molecule has 2 nitrogen and oxygen atoms in total. The molecule has 2 heteroatoms. The maximum absolute atomic E-state index is 11.4. The van der Waals surface area contributed by atoms with E-state index in [0.29, 0.717) is 13.0 Å². The average molecular weight is 252 g/mol. The molecule has 1 aliphatic rings. The Bertz CT molecular complexity index is 233. The Morgan fingerprint density at radius 1 is 0.722 bits per heavy atom. The number of cyclic esters (lactones) is 1. The molecular formula is C16H28O2. The Kier molecular flexibility index (Phi) is 9.59. The van der Waals surface area contributed by atoms with Gasteiger partial charge in [-0.1, -0.05) is 44.3 Å². The first kappa shape index (κ1) is 15.3. The third kappa shape index (κ3) is 9.26. The minimum atomic E-state index is -0.00476. The lowest BCUT2D eigenvalue weighted by atomic mass is 10.1. The van der Waals surface area contributed by atoms with Crippen molar-refractivity contribution in [3.63, 3.8) is 0 Å². The summed E-state index contributed by atoms with van der Waals surface area (Å²) in [5.74, 6) is -0.00476. The zero-order valence-electron chi connectivity index (χ0n) is 11.7. The maximum Gasteiger partial charge on any atom is 0.305 e. The van der Waals surface area contributed by atoms with Crippen molar-refractivity contribution in [2.75, 3.05) is 6.61 Å². The summed E-state index contributed by atoms with van der Waals surface area (Å²) in [5, 5.41) is 0. The van der Waals surface area contributed by atoms with Crippen molar-refractivity contribution in [3.05, 3.63) is 12.2 Å². The Morgan fingerprint density at radius 2 is 1.28 bits per heavy atom. The van der Waals surface area contributed by atoms with Gasteiger partial charge in [0.25, 0.3) is 0 Å². The second kappa shape index (κ2) is 11.3. The Labute approximate surface area is 112 Å². The lowest BCUT2D eigenvalue weighted by Gasteiger charge is -2.04. The molecule has 1 heterocycles. The first-order valence-electron chi connectivity index (χ1n) is 7.70. The molecule has 0 aromatic heterocycles. The van der Waals surface area contributed by atoms with Gasteiger partial charge in [-0.3, -0.25) is 4.79 Å². The van der Waals surface area contributed by atoms with Crippen LogP contribution >= 0.6 is 0 Å². The van der Waals surface area contributed by atoms with Gasteiger partial charge in [0.15, 0.2) is 0 Å². The van der Waals surface area contributed by atoms with Crippen LogP contribution in [0.1, 0.15) is 77.0 Å². The third-order valence-corrected chi connectivity index (χ3v) is 3.45. The van der Waals surface area contributed by atoms with Crippen molar-refractivity contribution < 1.29 is 9.53 Å². The Balaban J connectivity index is 2.17. The molecule has 18 heavy (non-hydrogen) atoms. The summed E-state index contributed by atoms with van der Waals surface area (Å²) in [6, 6.07) is 0. The minimum absolute atomic E-state index is 0.00476. The maximum atomic E-state index is 11.4. The van der Waals surface area contributed by atoms with Crippen LogP contribution in [0.25, 0.3) is 0 Å². The zero-order chi connectivity index (χ0) is 12.9. The first-order chi connectivity index (χ1) is 8.89. The molecule has 0 bridgehead atoms. The summed E-state index contributed by atoms with van der Waals surface area (Å²) in [4.78, 5) is 11.4. The molecule has 0 atom stereocenters. The van der Waals surface area contributed by atoms with E-state index < -0.39 is 0 Å². The highest BCUT2D eigenvalue weighted by molar-refractivity contribution is 5.69. The largest absolute Gasteiger partial charge is 0.466 e. The van der Waals surface area contributed by atoms with Gasteiger partial charge >= 0.3 is 5.97 Å². The number of hydrogen-bond donors (Lipinski definition) is 0. The molecule has 0 spiro atoms. The standard InChI is InChI=1S/C16H28O2/c17-16-14-12-10-8-6-4-2-1-3-5-7-9-11-13-15-18-16/h2,4H,1,3,5-15H2/b4-2-. The van der Waals surface area contributed by atoms with Gasteiger partial charge in [0.05, 0.1) is 6.61 Å². The summed E-state index contributed by atoms with van der Waals surface area (Å²) in [7, 11) is 0. The van der Waals surface area contributed by atoms with Crippen LogP contribution < -0.4 is 0 Å². The van der Waals surface area contributed by atoms with Crippen LogP contribution in [0.2, 0.25) is 0 Å². The number of carbonyl (C=O) groups is 1. The molecule has 0 unspecified atom stereocenters. The van der Waals surface area contributed by atoms with E-state index in [2.05, 4.69) is 12.2 Å². The van der Waals surface area contributed by atoms with Crippen LogP contribution in [0.15, 0.2) is 12.2 Å². The predicted octanol–water partition coefficient (Wildman–Crippen LogP) is 4.78. The fourth-order valence-corrected chi connectivity index (χ4v) is 2.27. The van der Waals surface area contributed by atoms with E-state index in [4.69, 9.17) is 4.74 Å². The molecule has 0 aromatic carbocycles. The van der Waals surface area contributed by atoms with Gasteiger partial charge in [-0.15, -0.1) is 0 Å². The smallest absolute Gasteiger partial charge is 0.305 e. The normalized spacial score (nSPS) is 23.9. The van der Waals surface area contributed by atoms with Crippen molar-refractivity contribution >= 4 is 5.97 Å². The summed E-state index contributed by atoms with van der Waals surface area (Å²) < 4.78 is 5.21. The molecule has 0 saturated carbocycles. The van der Waals surface area contributed by atoms with E-state index in [1.165, 1.54) is 44.9 Å². The van der Waals surface area contributed by atoms with E-state index in [1.807, 2.05) is 0 Å². The van der Waals surface area contributed by atoms with E-state index in [0.717, 1.165) is 25.7 Å². The van der Waals surface area contributed by atoms with Crippen LogP contribution in [0.4, 0.5) is 0 Å². The fourth-order valence-electron chi connectivity index (χ4n) is 2.27. The molecule has 0 fully saturated rings. The molecule has 0 aromatic rings. The highest BCUT2D eigenvalue weighted by Gasteiger charge is 2.02. The third-order valence-electron chi connectivity index (χ3n) is 3.45. The lowest BCUT2D eigenvalue weighted by Crippen LogP contribution is -2.05. The Hall–Kier alpha value is -0.790. The SMILES string of the molecule is O=C1CCCCC/C=C\CCCCCCCCO1. The van der Waals surface area contributed by atoms with E-state index in [-0.39, 0.29) is 5.97 Å². The molecule has 0 saturated heterocycles. The second-order valence-electron chi connectivity index (χ2n) is 5.20. The van der Waals surface area contributed by atoms with Crippen molar-refractivity contribution in [1.29, 1.82) is 0 Å². The van der Waals surface area contributed by atoms with Gasteiger partial charge in [-0.25, -0.2) is 0 Å². The van der Waals surface area contributed by atoms with Crippen LogP contribution in [0, 0.1) is 0 Å². The monoisotopic (exact) mass is 252 g/mol. The summed E-state index contributed by atoms with van der Waals surface area (Å²) in [6.45, 7) is 0.625. The number of allylic oxidation sites excluding steroid dienone is 2. The van der Waals surface area contributed by atoms with Gasteiger partial charge < -0.3 is 4.74 Å². The molecule has 1 aliphatic heterocycles. The van der Waals surface area contributed by atoms with Gasteiger partial charge in [0.2, 0.25) is 0 Å². The van der Waals surface area contributed by atoms with E-state index >= 15 is 0 Å². The van der Waals surface area contributed by atoms with Crippen molar-refractivity contribution in [2.24, 2.45) is 0 Å². The highest BCUT2D eigenvalue weighted by atomic mass is 16.5. The summed E-state index contributed by atoms with van der Waals surface area (Å²) >= 11 is 0. The highest BCUT2D eigenvalue weighted by Crippen LogP contribution is 2.10. The zero-order valence-corrected chi connectivity index (χ0v) is 11.7. The van der Waals surface area contributed by atoms with E-state index in [9.17, 15) is 4.79 Å². The average Bonchev–Trinajstić information content (AvgIpc) is 2.37. The molecule has 104 valence electrons. The van der Waals surface area contributed by atoms with Crippen LogP contribution in [0.3, 0.4) is 0 Å². The topological polar surface area (TPSA) is 26.3 Å². The van der Waals surface area contributed by atoms with Gasteiger partial charge in [0.1, 0.15) is 0 Å². The van der Waals surface area contributed by atoms with Gasteiger partial charge in [-0.05, 0) is 38.5 Å².